The van der Waals surface area contributed by atoms with Crippen molar-refractivity contribution in [1.29, 1.82) is 0 Å². The van der Waals surface area contributed by atoms with E-state index >= 15 is 0 Å². The third-order valence-corrected chi connectivity index (χ3v) is 5.66. The minimum Gasteiger partial charge on any atom is -0.377 e. The van der Waals surface area contributed by atoms with Gasteiger partial charge < -0.3 is 15.4 Å². The van der Waals surface area contributed by atoms with Crippen LogP contribution in [0.25, 0.3) is 0 Å². The molecule has 164 valence electrons. The fourth-order valence-electron chi connectivity index (χ4n) is 2.91. The number of nitrogens with zero attached hydrogens (tertiary/aromatic N) is 1. The molecule has 2 aromatic rings. The number of rotatable bonds is 11. The Morgan fingerprint density at radius 3 is 2.33 bits per heavy atom. The average molecular weight is 432 g/mol. The molecule has 0 saturated heterocycles. The maximum atomic E-state index is 11.6. The van der Waals surface area contributed by atoms with Crippen LogP contribution in [0.2, 0.25) is 0 Å². The summed E-state index contributed by atoms with van der Waals surface area (Å²) in [6, 6.07) is 15.2. The Labute approximate surface area is 180 Å². The van der Waals surface area contributed by atoms with Crippen LogP contribution in [0.1, 0.15) is 37.0 Å². The van der Waals surface area contributed by atoms with E-state index in [2.05, 4.69) is 29.7 Å². The summed E-state index contributed by atoms with van der Waals surface area (Å²) in [7, 11) is -3.16. The molecule has 0 aliphatic heterocycles. The van der Waals surface area contributed by atoms with Crippen LogP contribution in [0.3, 0.4) is 0 Å². The first kappa shape index (κ1) is 23.9. The fraction of sp³-hybridized carbons (Fsp3) is 0.435. The van der Waals surface area contributed by atoms with Gasteiger partial charge in [0.15, 0.2) is 15.8 Å². The Hall–Kier alpha value is -2.38. The zero-order valence-electron chi connectivity index (χ0n) is 18.1. The summed E-state index contributed by atoms with van der Waals surface area (Å²) in [5, 5.41) is 6.61. The van der Waals surface area contributed by atoms with Gasteiger partial charge in [0.25, 0.3) is 0 Å². The van der Waals surface area contributed by atoms with E-state index in [-0.39, 0.29) is 0 Å². The molecule has 2 rings (SSSR count). The highest BCUT2D eigenvalue weighted by Crippen LogP contribution is 2.12. The van der Waals surface area contributed by atoms with Crippen LogP contribution in [-0.4, -0.2) is 40.3 Å². The van der Waals surface area contributed by atoms with E-state index in [1.807, 2.05) is 31.2 Å². The lowest BCUT2D eigenvalue weighted by Gasteiger charge is -2.13. The lowest BCUT2D eigenvalue weighted by Crippen LogP contribution is -2.38. The van der Waals surface area contributed by atoms with Gasteiger partial charge in [-0.15, -0.1) is 0 Å². The van der Waals surface area contributed by atoms with Crippen molar-refractivity contribution in [2.24, 2.45) is 4.99 Å². The molecule has 0 radical (unpaired) electrons. The molecule has 0 aliphatic rings. The van der Waals surface area contributed by atoms with E-state index in [0.29, 0.717) is 24.6 Å². The van der Waals surface area contributed by atoms with Crippen LogP contribution in [0.5, 0.6) is 0 Å². The number of benzene rings is 2. The van der Waals surface area contributed by atoms with Crippen LogP contribution in [0, 0.1) is 0 Å². The van der Waals surface area contributed by atoms with Crippen LogP contribution in [0.15, 0.2) is 58.4 Å². The topological polar surface area (TPSA) is 79.8 Å². The van der Waals surface area contributed by atoms with Gasteiger partial charge in [-0.25, -0.2) is 13.4 Å². The highest BCUT2D eigenvalue weighted by Gasteiger charge is 2.06. The molecular formula is C23H33N3O3S. The van der Waals surface area contributed by atoms with E-state index in [1.165, 1.54) is 6.26 Å². The Morgan fingerprint density at radius 2 is 1.70 bits per heavy atom. The van der Waals surface area contributed by atoms with Crippen molar-refractivity contribution in [3.8, 4) is 0 Å². The summed E-state index contributed by atoms with van der Waals surface area (Å²) in [5.74, 6) is 0.759. The van der Waals surface area contributed by atoms with Gasteiger partial charge in [-0.1, -0.05) is 43.3 Å². The number of ether oxygens (including phenoxy) is 1. The predicted molar refractivity (Wildman–Crippen MR) is 122 cm³/mol. The van der Waals surface area contributed by atoms with E-state index < -0.39 is 9.84 Å². The van der Waals surface area contributed by atoms with E-state index in [4.69, 9.17) is 9.73 Å². The molecule has 0 saturated carbocycles. The van der Waals surface area contributed by atoms with Gasteiger partial charge in [0.1, 0.15) is 0 Å². The molecule has 0 spiro atoms. The molecule has 0 fully saturated rings. The number of aliphatic imine (C=N–C) groups is 1. The monoisotopic (exact) mass is 431 g/mol. The Balaban J connectivity index is 1.93. The van der Waals surface area contributed by atoms with Crippen molar-refractivity contribution >= 4 is 15.8 Å². The van der Waals surface area contributed by atoms with E-state index in [1.54, 1.807) is 12.1 Å². The maximum Gasteiger partial charge on any atom is 0.191 e. The zero-order valence-corrected chi connectivity index (χ0v) is 19.0. The molecule has 0 bridgehead atoms. The van der Waals surface area contributed by atoms with Gasteiger partial charge in [0.2, 0.25) is 0 Å². The van der Waals surface area contributed by atoms with Crippen molar-refractivity contribution < 1.29 is 13.2 Å². The maximum absolute atomic E-state index is 11.6. The first-order valence-electron chi connectivity index (χ1n) is 10.4. The molecule has 6 nitrogen and oxygen atoms in total. The van der Waals surface area contributed by atoms with Gasteiger partial charge in [-0.3, -0.25) is 0 Å². The van der Waals surface area contributed by atoms with Gasteiger partial charge >= 0.3 is 0 Å². The highest BCUT2D eigenvalue weighted by molar-refractivity contribution is 7.90. The van der Waals surface area contributed by atoms with Crippen molar-refractivity contribution in [3.05, 3.63) is 65.2 Å². The summed E-state index contributed by atoms with van der Waals surface area (Å²) in [6.45, 7) is 7.55. The standard InChI is InChI=1S/C23H33N3O3S/c1-4-16-29-18-21-9-7-6-8-20(21)17-26-23(24-5-2)25-15-14-19-10-12-22(13-11-19)30(3,27)28/h6-13H,4-5,14-18H2,1-3H3,(H2,24,25,26). The van der Waals surface area contributed by atoms with E-state index in [9.17, 15) is 8.42 Å². The van der Waals surface area contributed by atoms with Crippen LogP contribution < -0.4 is 10.6 Å². The Kier molecular flexibility index (Phi) is 9.83. The number of nitrogens with one attached hydrogen (secondary N) is 2. The second kappa shape index (κ2) is 12.3. The largest absolute Gasteiger partial charge is 0.377 e. The molecule has 0 unspecified atom stereocenters. The van der Waals surface area contributed by atoms with Crippen molar-refractivity contribution in [3.63, 3.8) is 0 Å². The molecule has 7 heteroatoms. The second-order valence-corrected chi connectivity index (χ2v) is 9.13. The number of hydrogen-bond donors (Lipinski definition) is 2. The third kappa shape index (κ3) is 8.16. The molecule has 0 amide bonds. The van der Waals surface area contributed by atoms with Crippen LogP contribution in [-0.2, 0) is 34.1 Å². The Bertz CT molecular complexity index is 910. The molecule has 2 aromatic carbocycles. The first-order valence-corrected chi connectivity index (χ1v) is 12.3. The summed E-state index contributed by atoms with van der Waals surface area (Å²) >= 11 is 0. The summed E-state index contributed by atoms with van der Waals surface area (Å²) in [5.41, 5.74) is 3.39. The quantitative estimate of drug-likeness (QED) is 0.324. The molecule has 0 atom stereocenters. The molecule has 30 heavy (non-hydrogen) atoms. The van der Waals surface area contributed by atoms with Crippen LogP contribution in [0.4, 0.5) is 0 Å². The molecule has 0 heterocycles. The van der Waals surface area contributed by atoms with Gasteiger partial charge in [0.05, 0.1) is 18.0 Å². The summed E-state index contributed by atoms with van der Waals surface area (Å²) in [4.78, 5) is 5.05. The van der Waals surface area contributed by atoms with E-state index in [0.717, 1.165) is 48.6 Å². The third-order valence-electron chi connectivity index (χ3n) is 4.53. The number of guanidine groups is 1. The smallest absolute Gasteiger partial charge is 0.191 e. The summed E-state index contributed by atoms with van der Waals surface area (Å²) < 4.78 is 28.8. The predicted octanol–water partition coefficient (Wildman–Crippen LogP) is 3.31. The minimum atomic E-state index is -3.16. The zero-order chi connectivity index (χ0) is 21.8. The average Bonchev–Trinajstić information content (AvgIpc) is 2.73. The molecule has 2 N–H and O–H groups in total. The Morgan fingerprint density at radius 1 is 1.00 bits per heavy atom. The van der Waals surface area contributed by atoms with Gasteiger partial charge in [0, 0.05) is 26.0 Å². The van der Waals surface area contributed by atoms with Crippen molar-refractivity contribution in [2.75, 3.05) is 26.0 Å². The molecule has 0 aliphatic carbocycles. The second-order valence-electron chi connectivity index (χ2n) is 7.11. The van der Waals surface area contributed by atoms with Crippen LogP contribution >= 0.6 is 0 Å². The van der Waals surface area contributed by atoms with Gasteiger partial charge in [-0.05, 0) is 48.6 Å². The lowest BCUT2D eigenvalue weighted by atomic mass is 10.1. The normalized spacial score (nSPS) is 12.0. The first-order chi connectivity index (χ1) is 14.4. The minimum absolute atomic E-state index is 0.343. The lowest BCUT2D eigenvalue weighted by molar-refractivity contribution is 0.121. The number of sulfone groups is 1. The van der Waals surface area contributed by atoms with Crippen molar-refractivity contribution in [1.82, 2.24) is 10.6 Å². The number of hydrogen-bond acceptors (Lipinski definition) is 4. The van der Waals surface area contributed by atoms with Crippen molar-refractivity contribution in [2.45, 2.75) is 44.7 Å². The van der Waals surface area contributed by atoms with Gasteiger partial charge in [-0.2, -0.15) is 0 Å². The molecule has 0 aromatic heterocycles. The summed E-state index contributed by atoms with van der Waals surface area (Å²) in [6.07, 6.45) is 3.00. The SMILES string of the molecule is CCCOCc1ccccc1CN=C(NCC)NCCc1ccc(S(C)(=O)=O)cc1. The fourth-order valence-corrected chi connectivity index (χ4v) is 3.54. The molecular weight excluding hydrogens is 398 g/mol. The highest BCUT2D eigenvalue weighted by atomic mass is 32.2.